The van der Waals surface area contributed by atoms with Gasteiger partial charge in [-0.15, -0.1) is 0 Å². The maximum absolute atomic E-state index is 6.11. The molecule has 0 saturated heterocycles. The lowest BCUT2D eigenvalue weighted by Crippen LogP contribution is -2.19. The van der Waals surface area contributed by atoms with Crippen molar-refractivity contribution in [2.75, 3.05) is 6.61 Å². The van der Waals surface area contributed by atoms with Crippen molar-refractivity contribution in [2.24, 2.45) is 0 Å². The van der Waals surface area contributed by atoms with Gasteiger partial charge in [0, 0.05) is 17.3 Å². The van der Waals surface area contributed by atoms with Crippen molar-refractivity contribution >= 4 is 0 Å². The molecule has 0 bridgehead atoms. The number of benzene rings is 2. The minimum absolute atomic E-state index is 0.457. The summed E-state index contributed by atoms with van der Waals surface area (Å²) in [4.78, 5) is 9.43. The van der Waals surface area contributed by atoms with Crippen LogP contribution < -0.4 is 4.74 Å². The fourth-order valence-corrected chi connectivity index (χ4v) is 3.29. The lowest BCUT2D eigenvalue weighted by Gasteiger charge is -2.27. The number of rotatable bonds is 7. The molecule has 0 amide bonds. The molecule has 1 aliphatic heterocycles. The van der Waals surface area contributed by atoms with E-state index in [0.717, 1.165) is 34.6 Å². The first-order valence-electron chi connectivity index (χ1n) is 9.67. The van der Waals surface area contributed by atoms with E-state index in [-0.39, 0.29) is 0 Å². The normalized spacial score (nSPS) is 14.9. The summed E-state index contributed by atoms with van der Waals surface area (Å²) in [6.07, 6.45) is 6.05. The van der Waals surface area contributed by atoms with E-state index in [0.29, 0.717) is 12.4 Å². The lowest BCUT2D eigenvalue weighted by atomic mass is 10.0. The molecule has 4 nitrogen and oxygen atoms in total. The third-order valence-corrected chi connectivity index (χ3v) is 4.75. The molecular formula is C23H24N2O2. The van der Waals surface area contributed by atoms with Crippen LogP contribution in [0.1, 0.15) is 44.5 Å². The standard InChI is InChI=1S/C23H24N2O2/c1-2-3-4-10-15-26-23-19-16-24-22(17-11-6-5-7-12-17)25-21(19)18-13-8-9-14-20(18)27-23/h5-9,11-14,16,23H,2-4,10,15H2,1H3. The van der Waals surface area contributed by atoms with Gasteiger partial charge in [-0.2, -0.15) is 0 Å². The second-order valence-corrected chi connectivity index (χ2v) is 6.74. The molecule has 0 aliphatic carbocycles. The van der Waals surface area contributed by atoms with Crippen molar-refractivity contribution in [2.45, 2.75) is 38.9 Å². The van der Waals surface area contributed by atoms with Gasteiger partial charge in [-0.05, 0) is 18.6 Å². The minimum atomic E-state index is -0.457. The van der Waals surface area contributed by atoms with E-state index in [9.17, 15) is 0 Å². The fraction of sp³-hybridized carbons (Fsp3) is 0.304. The SMILES string of the molecule is CCCCCCOC1Oc2ccccc2-c2nc(-c3ccccc3)ncc21. The van der Waals surface area contributed by atoms with Gasteiger partial charge in [0.25, 0.3) is 0 Å². The summed E-state index contributed by atoms with van der Waals surface area (Å²) in [7, 11) is 0. The molecule has 138 valence electrons. The summed E-state index contributed by atoms with van der Waals surface area (Å²) in [5, 5.41) is 0. The molecule has 3 aromatic rings. The Hall–Kier alpha value is -2.72. The van der Waals surface area contributed by atoms with Crippen LogP contribution in [0.15, 0.2) is 60.8 Å². The van der Waals surface area contributed by atoms with Gasteiger partial charge in [-0.3, -0.25) is 0 Å². The van der Waals surface area contributed by atoms with Gasteiger partial charge >= 0.3 is 0 Å². The number of para-hydroxylation sites is 1. The van der Waals surface area contributed by atoms with Crippen molar-refractivity contribution in [1.29, 1.82) is 0 Å². The number of nitrogens with zero attached hydrogens (tertiary/aromatic N) is 2. The topological polar surface area (TPSA) is 44.2 Å². The third kappa shape index (κ3) is 3.86. The molecule has 4 heteroatoms. The highest BCUT2D eigenvalue weighted by Crippen LogP contribution is 2.41. The fourth-order valence-electron chi connectivity index (χ4n) is 3.29. The Morgan fingerprint density at radius 2 is 1.78 bits per heavy atom. The quantitative estimate of drug-likeness (QED) is 0.500. The molecule has 1 aromatic heterocycles. The summed E-state index contributed by atoms with van der Waals surface area (Å²) >= 11 is 0. The van der Waals surface area contributed by atoms with E-state index in [4.69, 9.17) is 14.5 Å². The monoisotopic (exact) mass is 360 g/mol. The average molecular weight is 360 g/mol. The Balaban J connectivity index is 1.64. The van der Waals surface area contributed by atoms with Crippen LogP contribution in [0, 0.1) is 0 Å². The molecular weight excluding hydrogens is 336 g/mol. The first-order chi connectivity index (χ1) is 13.4. The van der Waals surface area contributed by atoms with Crippen LogP contribution >= 0.6 is 0 Å². The number of fused-ring (bicyclic) bond motifs is 3. The third-order valence-electron chi connectivity index (χ3n) is 4.75. The molecule has 1 atom stereocenters. The van der Waals surface area contributed by atoms with Gasteiger partial charge in [-0.25, -0.2) is 9.97 Å². The highest BCUT2D eigenvalue weighted by molar-refractivity contribution is 5.73. The van der Waals surface area contributed by atoms with E-state index in [1.54, 1.807) is 0 Å². The molecule has 2 aromatic carbocycles. The Bertz CT molecular complexity index is 896. The van der Waals surface area contributed by atoms with Gasteiger partial charge in [0.1, 0.15) is 5.75 Å². The number of ether oxygens (including phenoxy) is 2. The number of aromatic nitrogens is 2. The smallest absolute Gasteiger partial charge is 0.230 e. The Morgan fingerprint density at radius 1 is 0.963 bits per heavy atom. The van der Waals surface area contributed by atoms with Crippen LogP contribution in [0.2, 0.25) is 0 Å². The summed E-state index contributed by atoms with van der Waals surface area (Å²) in [5.74, 6) is 1.52. The van der Waals surface area contributed by atoms with Gasteiger partial charge in [0.15, 0.2) is 5.82 Å². The lowest BCUT2D eigenvalue weighted by molar-refractivity contribution is -0.0864. The van der Waals surface area contributed by atoms with Crippen molar-refractivity contribution in [3.05, 3.63) is 66.4 Å². The second-order valence-electron chi connectivity index (χ2n) is 6.74. The highest BCUT2D eigenvalue weighted by atomic mass is 16.7. The van der Waals surface area contributed by atoms with E-state index < -0.39 is 6.29 Å². The number of hydrogen-bond donors (Lipinski definition) is 0. The Kier molecular flexibility index (Phi) is 5.45. The van der Waals surface area contributed by atoms with Crippen molar-refractivity contribution in [3.8, 4) is 28.4 Å². The molecule has 0 radical (unpaired) electrons. The van der Waals surface area contributed by atoms with Gasteiger partial charge in [-0.1, -0.05) is 68.7 Å². The Labute approximate surface area is 160 Å². The minimum Gasteiger partial charge on any atom is -0.460 e. The number of unbranched alkanes of at least 4 members (excludes halogenated alkanes) is 3. The maximum atomic E-state index is 6.11. The summed E-state index contributed by atoms with van der Waals surface area (Å²) in [5.41, 5.74) is 3.77. The molecule has 4 rings (SSSR count). The zero-order valence-corrected chi connectivity index (χ0v) is 15.6. The van der Waals surface area contributed by atoms with E-state index >= 15 is 0 Å². The predicted octanol–water partition coefficient (Wildman–Crippen LogP) is 5.80. The van der Waals surface area contributed by atoms with Gasteiger partial charge in [0.05, 0.1) is 17.9 Å². The molecule has 27 heavy (non-hydrogen) atoms. The molecule has 1 aliphatic rings. The molecule has 0 N–H and O–H groups in total. The zero-order chi connectivity index (χ0) is 18.5. The summed E-state index contributed by atoms with van der Waals surface area (Å²) in [6.45, 7) is 2.88. The molecule has 0 fully saturated rings. The van der Waals surface area contributed by atoms with Crippen LogP contribution in [0.4, 0.5) is 0 Å². The van der Waals surface area contributed by atoms with Gasteiger partial charge in [0.2, 0.25) is 6.29 Å². The molecule has 1 unspecified atom stereocenters. The van der Waals surface area contributed by atoms with Crippen LogP contribution in [0.5, 0.6) is 5.75 Å². The van der Waals surface area contributed by atoms with Crippen molar-refractivity contribution in [1.82, 2.24) is 9.97 Å². The average Bonchev–Trinajstić information content (AvgIpc) is 2.74. The van der Waals surface area contributed by atoms with Crippen LogP contribution in [0.3, 0.4) is 0 Å². The van der Waals surface area contributed by atoms with Crippen LogP contribution in [-0.2, 0) is 4.74 Å². The zero-order valence-electron chi connectivity index (χ0n) is 15.6. The highest BCUT2D eigenvalue weighted by Gasteiger charge is 2.28. The van der Waals surface area contributed by atoms with E-state index in [1.165, 1.54) is 19.3 Å². The van der Waals surface area contributed by atoms with Crippen LogP contribution in [0.25, 0.3) is 22.6 Å². The number of hydrogen-bond acceptors (Lipinski definition) is 4. The van der Waals surface area contributed by atoms with Gasteiger partial charge < -0.3 is 9.47 Å². The Morgan fingerprint density at radius 3 is 2.63 bits per heavy atom. The molecule has 0 spiro atoms. The van der Waals surface area contributed by atoms with Crippen LogP contribution in [-0.4, -0.2) is 16.6 Å². The second kappa shape index (κ2) is 8.31. The van der Waals surface area contributed by atoms with Crippen molar-refractivity contribution in [3.63, 3.8) is 0 Å². The van der Waals surface area contributed by atoms with E-state index in [1.807, 2.05) is 60.8 Å². The first kappa shape index (κ1) is 17.7. The maximum Gasteiger partial charge on any atom is 0.230 e. The predicted molar refractivity (Wildman–Crippen MR) is 106 cm³/mol. The first-order valence-corrected chi connectivity index (χ1v) is 9.67. The molecule has 0 saturated carbocycles. The summed E-state index contributed by atoms with van der Waals surface area (Å²) in [6, 6.07) is 18.0. The van der Waals surface area contributed by atoms with E-state index in [2.05, 4.69) is 11.9 Å². The van der Waals surface area contributed by atoms with Crippen molar-refractivity contribution < 1.29 is 9.47 Å². The molecule has 2 heterocycles. The largest absolute Gasteiger partial charge is 0.460 e. The summed E-state index contributed by atoms with van der Waals surface area (Å²) < 4.78 is 12.2.